The molecule has 1 atom stereocenters. The van der Waals surface area contributed by atoms with Gasteiger partial charge >= 0.3 is 11.9 Å². The van der Waals surface area contributed by atoms with E-state index in [2.05, 4.69) is 12.2 Å². The van der Waals surface area contributed by atoms with Crippen LogP contribution in [0.1, 0.15) is 63.2 Å². The smallest absolute Gasteiger partial charge is 0.349 e. The predicted octanol–water partition coefficient (Wildman–Crippen LogP) is 4.60. The zero-order valence-corrected chi connectivity index (χ0v) is 18.6. The molecule has 6 nitrogen and oxygen atoms in total. The van der Waals surface area contributed by atoms with Crippen LogP contribution in [0.2, 0.25) is 0 Å². The summed E-state index contributed by atoms with van der Waals surface area (Å²) in [6, 6.07) is 1.82. The van der Waals surface area contributed by atoms with Gasteiger partial charge in [-0.25, -0.2) is 9.59 Å². The molecule has 0 bridgehead atoms. The molecule has 2 heterocycles. The van der Waals surface area contributed by atoms with Gasteiger partial charge in [-0.05, 0) is 68.5 Å². The van der Waals surface area contributed by atoms with Crippen molar-refractivity contribution in [2.45, 2.75) is 53.1 Å². The lowest BCUT2D eigenvalue weighted by atomic mass is 9.88. The normalized spacial score (nSPS) is 15.7. The second-order valence-corrected chi connectivity index (χ2v) is 9.59. The lowest BCUT2D eigenvalue weighted by Crippen LogP contribution is -2.22. The Kier molecular flexibility index (Phi) is 6.74. The minimum atomic E-state index is -0.522. The summed E-state index contributed by atoms with van der Waals surface area (Å²) in [5.41, 5.74) is 2.24. The summed E-state index contributed by atoms with van der Waals surface area (Å²) in [7, 11) is 0. The van der Waals surface area contributed by atoms with Gasteiger partial charge in [-0.3, -0.25) is 4.79 Å². The van der Waals surface area contributed by atoms with Gasteiger partial charge in [-0.1, -0.05) is 6.92 Å². The molecule has 0 saturated heterocycles. The third-order valence-electron chi connectivity index (χ3n) is 4.69. The first-order valence-corrected chi connectivity index (χ1v) is 11.3. The van der Waals surface area contributed by atoms with Gasteiger partial charge in [-0.2, -0.15) is 0 Å². The van der Waals surface area contributed by atoms with E-state index in [0.29, 0.717) is 21.4 Å². The molecular formula is C21H25NO5S2. The molecule has 2 aromatic heterocycles. The largest absolute Gasteiger partial charge is 0.459 e. The Morgan fingerprint density at radius 1 is 1.28 bits per heavy atom. The molecular weight excluding hydrogens is 410 g/mol. The van der Waals surface area contributed by atoms with E-state index in [1.807, 2.05) is 13.0 Å². The summed E-state index contributed by atoms with van der Waals surface area (Å²) in [6.45, 7) is 7.18. The van der Waals surface area contributed by atoms with Crippen molar-refractivity contribution >= 4 is 45.5 Å². The molecule has 3 rings (SSSR count). The highest BCUT2D eigenvalue weighted by Crippen LogP contribution is 2.40. The number of carbonyl (C=O) groups excluding carboxylic acids is 3. The Hall–Kier alpha value is -2.19. The lowest BCUT2D eigenvalue weighted by molar-refractivity contribution is -0.119. The van der Waals surface area contributed by atoms with Crippen LogP contribution in [0.4, 0.5) is 5.00 Å². The zero-order valence-electron chi connectivity index (χ0n) is 17.0. The van der Waals surface area contributed by atoms with Gasteiger partial charge < -0.3 is 14.8 Å². The van der Waals surface area contributed by atoms with Crippen molar-refractivity contribution in [1.29, 1.82) is 0 Å². The van der Waals surface area contributed by atoms with E-state index in [1.54, 1.807) is 19.2 Å². The molecule has 0 radical (unpaired) electrons. The quantitative estimate of drug-likeness (QED) is 0.671. The van der Waals surface area contributed by atoms with E-state index in [1.165, 1.54) is 22.7 Å². The summed E-state index contributed by atoms with van der Waals surface area (Å²) in [5, 5.41) is 5.03. The molecule has 1 aliphatic rings. The van der Waals surface area contributed by atoms with Crippen molar-refractivity contribution in [3.63, 3.8) is 0 Å². The molecule has 0 spiro atoms. The number of hydrogen-bond donors (Lipinski definition) is 1. The van der Waals surface area contributed by atoms with E-state index in [4.69, 9.17) is 9.47 Å². The van der Waals surface area contributed by atoms with E-state index in [-0.39, 0.29) is 6.10 Å². The molecule has 1 aliphatic carbocycles. The fourth-order valence-electron chi connectivity index (χ4n) is 3.27. The molecule has 29 heavy (non-hydrogen) atoms. The van der Waals surface area contributed by atoms with Gasteiger partial charge in [0.2, 0.25) is 0 Å². The topological polar surface area (TPSA) is 81.7 Å². The van der Waals surface area contributed by atoms with Crippen LogP contribution in [-0.2, 0) is 27.1 Å². The third-order valence-corrected chi connectivity index (χ3v) is 6.86. The third kappa shape index (κ3) is 5.05. The van der Waals surface area contributed by atoms with Crippen LogP contribution in [0.5, 0.6) is 0 Å². The average Bonchev–Trinajstić information content (AvgIpc) is 3.21. The van der Waals surface area contributed by atoms with Crippen molar-refractivity contribution in [3.8, 4) is 0 Å². The first kappa shape index (κ1) is 21.5. The monoisotopic (exact) mass is 435 g/mol. The van der Waals surface area contributed by atoms with E-state index >= 15 is 0 Å². The molecule has 1 amide bonds. The number of carbonyl (C=O) groups is 3. The molecule has 1 N–H and O–H groups in total. The number of aryl methyl sites for hydroxylation is 1. The zero-order chi connectivity index (χ0) is 21.1. The van der Waals surface area contributed by atoms with Gasteiger partial charge in [0.1, 0.15) is 9.88 Å². The fraction of sp³-hybridized carbons (Fsp3) is 0.476. The Labute approximate surface area is 178 Å². The number of fused-ring (bicyclic) bond motifs is 1. The van der Waals surface area contributed by atoms with Crippen LogP contribution < -0.4 is 5.32 Å². The molecule has 0 aromatic carbocycles. The number of amides is 1. The van der Waals surface area contributed by atoms with Crippen LogP contribution in [0.25, 0.3) is 0 Å². The summed E-state index contributed by atoms with van der Waals surface area (Å²) in [4.78, 5) is 38.8. The van der Waals surface area contributed by atoms with Crippen LogP contribution >= 0.6 is 22.7 Å². The Balaban J connectivity index is 1.73. The van der Waals surface area contributed by atoms with E-state index < -0.39 is 24.5 Å². The van der Waals surface area contributed by atoms with Crippen LogP contribution in [0.15, 0.2) is 11.4 Å². The van der Waals surface area contributed by atoms with E-state index in [9.17, 15) is 14.4 Å². The maximum absolute atomic E-state index is 12.7. The summed E-state index contributed by atoms with van der Waals surface area (Å²) in [5.74, 6) is -0.883. The molecule has 0 aliphatic heterocycles. The lowest BCUT2D eigenvalue weighted by Gasteiger charge is -2.18. The second-order valence-electron chi connectivity index (χ2n) is 7.57. The van der Waals surface area contributed by atoms with Gasteiger partial charge in [0.25, 0.3) is 5.91 Å². The number of nitrogens with one attached hydrogen (secondary N) is 1. The summed E-state index contributed by atoms with van der Waals surface area (Å²) in [6.07, 6.45) is 2.42. The average molecular weight is 436 g/mol. The minimum Gasteiger partial charge on any atom is -0.459 e. The van der Waals surface area contributed by atoms with Crippen molar-refractivity contribution in [3.05, 3.63) is 37.9 Å². The second kappa shape index (κ2) is 9.09. The number of thiophene rings is 2. The minimum absolute atomic E-state index is 0.251. The molecule has 0 fully saturated rings. The van der Waals surface area contributed by atoms with Crippen molar-refractivity contribution < 1.29 is 23.9 Å². The van der Waals surface area contributed by atoms with Gasteiger partial charge in [-0.15, -0.1) is 22.7 Å². The standard InChI is InChI=1S/C21H25NO5S2/c1-11(2)27-20(24)17-14-6-5-12(3)9-15(14)29-19(17)22-16(23)10-26-21(25)18-13(4)7-8-28-18/h7-8,11-12H,5-6,9-10H2,1-4H3,(H,22,23). The van der Waals surface area contributed by atoms with Crippen molar-refractivity contribution in [1.82, 2.24) is 0 Å². The highest BCUT2D eigenvalue weighted by Gasteiger charge is 2.29. The van der Waals surface area contributed by atoms with Gasteiger partial charge in [0.15, 0.2) is 6.61 Å². The van der Waals surface area contributed by atoms with E-state index in [0.717, 1.165) is 35.3 Å². The number of esters is 2. The summed E-state index contributed by atoms with van der Waals surface area (Å²) < 4.78 is 10.5. The molecule has 156 valence electrons. The molecule has 8 heteroatoms. The Morgan fingerprint density at radius 2 is 2.03 bits per heavy atom. The Morgan fingerprint density at radius 3 is 2.69 bits per heavy atom. The first-order chi connectivity index (χ1) is 13.8. The number of rotatable bonds is 6. The van der Waals surface area contributed by atoms with Crippen LogP contribution in [-0.4, -0.2) is 30.6 Å². The maximum Gasteiger partial charge on any atom is 0.349 e. The number of anilines is 1. The molecule has 2 aromatic rings. The molecule has 1 unspecified atom stereocenters. The van der Waals surface area contributed by atoms with Crippen molar-refractivity contribution in [2.24, 2.45) is 5.92 Å². The van der Waals surface area contributed by atoms with Crippen LogP contribution in [0.3, 0.4) is 0 Å². The molecule has 0 saturated carbocycles. The Bertz CT molecular complexity index is 928. The maximum atomic E-state index is 12.7. The van der Waals surface area contributed by atoms with Crippen molar-refractivity contribution in [2.75, 3.05) is 11.9 Å². The highest BCUT2D eigenvalue weighted by molar-refractivity contribution is 7.17. The number of ether oxygens (including phenoxy) is 2. The number of hydrogen-bond acceptors (Lipinski definition) is 7. The highest BCUT2D eigenvalue weighted by atomic mass is 32.1. The predicted molar refractivity (Wildman–Crippen MR) is 114 cm³/mol. The SMILES string of the molecule is Cc1ccsc1C(=O)OCC(=O)Nc1sc2c(c1C(=O)OC(C)C)CCC(C)C2. The first-order valence-electron chi connectivity index (χ1n) is 9.62. The van der Waals surface area contributed by atoms with Gasteiger partial charge in [0, 0.05) is 4.88 Å². The van der Waals surface area contributed by atoms with Gasteiger partial charge in [0.05, 0.1) is 11.7 Å². The van der Waals surface area contributed by atoms with Crippen LogP contribution in [0, 0.1) is 12.8 Å². The summed E-state index contributed by atoms with van der Waals surface area (Å²) >= 11 is 2.69. The fourth-order valence-corrected chi connectivity index (χ4v) is 5.50.